The van der Waals surface area contributed by atoms with E-state index in [-0.39, 0.29) is 11.5 Å². The van der Waals surface area contributed by atoms with Gasteiger partial charge in [0.2, 0.25) is 0 Å². The summed E-state index contributed by atoms with van der Waals surface area (Å²) in [6, 6.07) is 12.8. The second-order valence-corrected chi connectivity index (χ2v) is 9.03. The highest BCUT2D eigenvalue weighted by molar-refractivity contribution is 9.10. The molecule has 0 saturated heterocycles. The minimum atomic E-state index is -0.495. The van der Waals surface area contributed by atoms with E-state index in [1.165, 1.54) is 4.68 Å². The molecule has 176 valence electrons. The summed E-state index contributed by atoms with van der Waals surface area (Å²) in [6.45, 7) is 7.94. The zero-order valence-corrected chi connectivity index (χ0v) is 21.3. The highest BCUT2D eigenvalue weighted by atomic mass is 79.9. The molecule has 0 unspecified atom stereocenters. The van der Waals surface area contributed by atoms with Crippen molar-refractivity contribution < 1.29 is 9.53 Å². The molecule has 2 aromatic carbocycles. The molecule has 0 aliphatic heterocycles. The Hall–Kier alpha value is -3.26. The summed E-state index contributed by atoms with van der Waals surface area (Å²) >= 11 is 3.44. The number of rotatable bonds is 7. The number of hydrogen-bond donors (Lipinski definition) is 0. The molecule has 1 atom stereocenters. The van der Waals surface area contributed by atoms with Gasteiger partial charge in [0.15, 0.2) is 0 Å². The second kappa shape index (κ2) is 9.93. The van der Waals surface area contributed by atoms with Gasteiger partial charge in [0.05, 0.1) is 23.7 Å². The SMILES string of the molecule is CCCc1nc2ccc(Br)cc2c(=O)n1N=Cc1c(C)n([C@H](C)C(=O)OCC)c2ccccc12. The molecule has 0 amide bonds. The molecule has 2 aromatic heterocycles. The molecular formula is C26H27BrN4O3. The first-order valence-corrected chi connectivity index (χ1v) is 12.2. The molecule has 0 fully saturated rings. The van der Waals surface area contributed by atoms with Crippen molar-refractivity contribution in [2.75, 3.05) is 6.61 Å². The van der Waals surface area contributed by atoms with Gasteiger partial charge in [-0.3, -0.25) is 4.79 Å². The zero-order chi connectivity index (χ0) is 24.4. The van der Waals surface area contributed by atoms with Crippen LogP contribution in [0.4, 0.5) is 0 Å². The number of esters is 1. The predicted octanol–water partition coefficient (Wildman–Crippen LogP) is 5.38. The Kier molecular flexibility index (Phi) is 6.97. The van der Waals surface area contributed by atoms with Crippen molar-refractivity contribution in [3.05, 3.63) is 74.4 Å². The first-order valence-electron chi connectivity index (χ1n) is 11.4. The molecule has 0 saturated carbocycles. The molecule has 0 spiro atoms. The van der Waals surface area contributed by atoms with Crippen LogP contribution in [0.1, 0.15) is 50.3 Å². The molecular weight excluding hydrogens is 496 g/mol. The second-order valence-electron chi connectivity index (χ2n) is 8.12. The van der Waals surface area contributed by atoms with Crippen LogP contribution in [0.3, 0.4) is 0 Å². The number of para-hydroxylation sites is 1. The normalized spacial score (nSPS) is 12.6. The van der Waals surface area contributed by atoms with Gasteiger partial charge in [0.1, 0.15) is 11.9 Å². The van der Waals surface area contributed by atoms with Crippen molar-refractivity contribution in [1.82, 2.24) is 14.2 Å². The standard InChI is InChI=1S/C26H27BrN4O3/c1-5-9-24-29-22-13-12-18(27)14-20(22)25(32)31(24)28-15-21-16(3)30(17(4)26(33)34-6-2)23-11-8-7-10-19(21)23/h7-8,10-15,17H,5-6,9H2,1-4H3/t17-/m1/s1. The number of aryl methyl sites for hydroxylation is 1. The van der Waals surface area contributed by atoms with Gasteiger partial charge in [0.25, 0.3) is 5.56 Å². The predicted molar refractivity (Wildman–Crippen MR) is 139 cm³/mol. The van der Waals surface area contributed by atoms with Gasteiger partial charge in [-0.25, -0.2) is 9.78 Å². The van der Waals surface area contributed by atoms with Gasteiger partial charge in [-0.2, -0.15) is 9.78 Å². The Morgan fingerprint density at radius 3 is 2.71 bits per heavy atom. The molecule has 0 radical (unpaired) electrons. The summed E-state index contributed by atoms with van der Waals surface area (Å²) in [5.74, 6) is 0.320. The van der Waals surface area contributed by atoms with Gasteiger partial charge in [-0.1, -0.05) is 41.1 Å². The van der Waals surface area contributed by atoms with Crippen LogP contribution in [-0.2, 0) is 16.0 Å². The van der Waals surface area contributed by atoms with Crippen LogP contribution in [0.2, 0.25) is 0 Å². The van der Waals surface area contributed by atoms with E-state index in [1.807, 2.05) is 61.7 Å². The number of ether oxygens (including phenoxy) is 1. The Bertz CT molecular complexity index is 1470. The maximum atomic E-state index is 13.3. The lowest BCUT2D eigenvalue weighted by molar-refractivity contribution is -0.146. The smallest absolute Gasteiger partial charge is 0.328 e. The summed E-state index contributed by atoms with van der Waals surface area (Å²) in [4.78, 5) is 30.6. The Labute approximate surface area is 206 Å². The van der Waals surface area contributed by atoms with Crippen molar-refractivity contribution in [2.45, 2.75) is 46.6 Å². The molecule has 0 aliphatic carbocycles. The first kappa shape index (κ1) is 23.9. The molecule has 8 heteroatoms. The quantitative estimate of drug-likeness (QED) is 0.241. The lowest BCUT2D eigenvalue weighted by atomic mass is 10.1. The summed E-state index contributed by atoms with van der Waals surface area (Å²) in [5.41, 5.74) is 3.05. The van der Waals surface area contributed by atoms with Crippen molar-refractivity contribution in [3.63, 3.8) is 0 Å². The number of aromatic nitrogens is 3. The van der Waals surface area contributed by atoms with Gasteiger partial charge >= 0.3 is 5.97 Å². The summed E-state index contributed by atoms with van der Waals surface area (Å²) in [6.07, 6.45) is 3.15. The molecule has 0 N–H and O–H groups in total. The van der Waals surface area contributed by atoms with Crippen LogP contribution >= 0.6 is 15.9 Å². The van der Waals surface area contributed by atoms with E-state index in [9.17, 15) is 9.59 Å². The van der Waals surface area contributed by atoms with Crippen molar-refractivity contribution >= 4 is 49.9 Å². The third-order valence-corrected chi connectivity index (χ3v) is 6.36. The molecule has 0 aliphatic rings. The van der Waals surface area contributed by atoms with Crippen LogP contribution in [0.15, 0.2) is 56.8 Å². The van der Waals surface area contributed by atoms with Crippen molar-refractivity contribution in [3.8, 4) is 0 Å². The number of hydrogen-bond acceptors (Lipinski definition) is 5. The maximum Gasteiger partial charge on any atom is 0.328 e. The molecule has 34 heavy (non-hydrogen) atoms. The third-order valence-electron chi connectivity index (χ3n) is 5.87. The third kappa shape index (κ3) is 4.30. The number of carbonyl (C=O) groups is 1. The number of benzene rings is 2. The molecule has 4 rings (SSSR count). The van der Waals surface area contributed by atoms with Crippen molar-refractivity contribution in [1.29, 1.82) is 0 Å². The minimum absolute atomic E-state index is 0.215. The van der Waals surface area contributed by atoms with Crippen LogP contribution < -0.4 is 5.56 Å². The molecule has 4 aromatic rings. The monoisotopic (exact) mass is 522 g/mol. The summed E-state index contributed by atoms with van der Waals surface area (Å²) in [5, 5.41) is 6.06. The van der Waals surface area contributed by atoms with E-state index in [1.54, 1.807) is 19.2 Å². The van der Waals surface area contributed by atoms with E-state index < -0.39 is 6.04 Å². The van der Waals surface area contributed by atoms with E-state index in [0.29, 0.717) is 29.8 Å². The van der Waals surface area contributed by atoms with Gasteiger partial charge in [-0.05, 0) is 51.5 Å². The highest BCUT2D eigenvalue weighted by Gasteiger charge is 2.22. The van der Waals surface area contributed by atoms with E-state index >= 15 is 0 Å². The van der Waals surface area contributed by atoms with E-state index in [2.05, 4.69) is 21.0 Å². The Morgan fingerprint density at radius 1 is 1.21 bits per heavy atom. The number of fused-ring (bicyclic) bond motifs is 2. The van der Waals surface area contributed by atoms with Crippen LogP contribution in [-0.4, -0.2) is 33.0 Å². The lowest BCUT2D eigenvalue weighted by Gasteiger charge is -2.16. The fourth-order valence-electron chi connectivity index (χ4n) is 4.26. The highest BCUT2D eigenvalue weighted by Crippen LogP contribution is 2.28. The van der Waals surface area contributed by atoms with Gasteiger partial charge in [-0.15, -0.1) is 0 Å². The minimum Gasteiger partial charge on any atom is -0.464 e. The van der Waals surface area contributed by atoms with Crippen LogP contribution in [0.5, 0.6) is 0 Å². The maximum absolute atomic E-state index is 13.3. The van der Waals surface area contributed by atoms with Gasteiger partial charge < -0.3 is 9.30 Å². The van der Waals surface area contributed by atoms with Gasteiger partial charge in [0, 0.05) is 33.1 Å². The molecule has 2 heterocycles. The summed E-state index contributed by atoms with van der Waals surface area (Å²) < 4.78 is 9.41. The topological polar surface area (TPSA) is 78.5 Å². The first-order chi connectivity index (χ1) is 16.4. The van der Waals surface area contributed by atoms with E-state index in [0.717, 1.165) is 33.1 Å². The largest absolute Gasteiger partial charge is 0.464 e. The Morgan fingerprint density at radius 2 is 1.97 bits per heavy atom. The fraction of sp³-hybridized carbons (Fsp3) is 0.308. The average Bonchev–Trinajstić information content (AvgIpc) is 3.10. The zero-order valence-electron chi connectivity index (χ0n) is 19.7. The molecule has 7 nitrogen and oxygen atoms in total. The van der Waals surface area contributed by atoms with Crippen molar-refractivity contribution in [2.24, 2.45) is 5.10 Å². The lowest BCUT2D eigenvalue weighted by Crippen LogP contribution is -2.22. The van der Waals surface area contributed by atoms with Crippen LogP contribution in [0.25, 0.3) is 21.8 Å². The average molecular weight is 523 g/mol. The van der Waals surface area contributed by atoms with Crippen LogP contribution in [0, 0.1) is 6.92 Å². The molecule has 0 bridgehead atoms. The fourth-order valence-corrected chi connectivity index (χ4v) is 4.62. The number of nitrogens with zero attached hydrogens (tertiary/aromatic N) is 4. The van der Waals surface area contributed by atoms with E-state index in [4.69, 9.17) is 9.72 Å². The number of carbonyl (C=O) groups excluding carboxylic acids is 1. The summed E-state index contributed by atoms with van der Waals surface area (Å²) in [7, 11) is 0. The number of halogens is 1. The Balaban J connectivity index is 1.89.